The summed E-state index contributed by atoms with van der Waals surface area (Å²) in [6.45, 7) is 1.38. The number of ether oxygens (including phenoxy) is 2. The normalized spacial score (nSPS) is 22.9. The van der Waals surface area contributed by atoms with Crippen molar-refractivity contribution in [3.63, 3.8) is 0 Å². The molecule has 20 heavy (non-hydrogen) atoms. The Morgan fingerprint density at radius 2 is 1.90 bits per heavy atom. The highest BCUT2D eigenvalue weighted by atomic mass is 19.1. The minimum absolute atomic E-state index is 0.0578. The summed E-state index contributed by atoms with van der Waals surface area (Å²) in [6, 6.07) is 5.20. The van der Waals surface area contributed by atoms with Gasteiger partial charge in [-0.05, 0) is 30.5 Å². The van der Waals surface area contributed by atoms with E-state index in [0.29, 0.717) is 19.0 Å². The zero-order valence-corrected chi connectivity index (χ0v) is 11.7. The topological polar surface area (TPSA) is 44.5 Å². The van der Waals surface area contributed by atoms with Crippen LogP contribution in [0.2, 0.25) is 0 Å². The molecule has 0 bridgehead atoms. The van der Waals surface area contributed by atoms with Gasteiger partial charge in [0.05, 0.1) is 13.2 Å². The van der Waals surface area contributed by atoms with Crippen LogP contribution in [0.3, 0.4) is 0 Å². The second-order valence-electron chi connectivity index (χ2n) is 5.94. The Morgan fingerprint density at radius 1 is 1.20 bits per heavy atom. The van der Waals surface area contributed by atoms with Crippen molar-refractivity contribution in [3.05, 3.63) is 29.6 Å². The highest BCUT2D eigenvalue weighted by molar-refractivity contribution is 5.34. The fraction of sp³-hybridized carbons (Fsp3) is 0.625. The van der Waals surface area contributed by atoms with Gasteiger partial charge in [-0.15, -0.1) is 0 Å². The third kappa shape index (κ3) is 2.81. The summed E-state index contributed by atoms with van der Waals surface area (Å²) in [4.78, 5) is 0. The van der Waals surface area contributed by atoms with E-state index in [1.165, 1.54) is 0 Å². The van der Waals surface area contributed by atoms with E-state index >= 15 is 0 Å². The molecule has 1 aromatic carbocycles. The summed E-state index contributed by atoms with van der Waals surface area (Å²) in [7, 11) is 0. The average molecular weight is 279 g/mol. The van der Waals surface area contributed by atoms with Crippen LogP contribution < -0.4 is 10.5 Å². The van der Waals surface area contributed by atoms with Gasteiger partial charge in [-0.2, -0.15) is 0 Å². The molecule has 3 rings (SSSR count). The van der Waals surface area contributed by atoms with Crippen LogP contribution >= 0.6 is 0 Å². The van der Waals surface area contributed by atoms with Crippen LogP contribution in [0.5, 0.6) is 5.75 Å². The first-order valence-corrected chi connectivity index (χ1v) is 7.51. The van der Waals surface area contributed by atoms with Crippen LogP contribution in [-0.4, -0.2) is 19.3 Å². The molecule has 2 N–H and O–H groups in total. The van der Waals surface area contributed by atoms with Crippen LogP contribution in [0.4, 0.5) is 4.39 Å². The monoisotopic (exact) mass is 279 g/mol. The van der Waals surface area contributed by atoms with Crippen LogP contribution in [-0.2, 0) is 10.3 Å². The maximum atomic E-state index is 14.2. The van der Waals surface area contributed by atoms with E-state index in [0.717, 1.165) is 44.1 Å². The Morgan fingerprint density at radius 3 is 2.55 bits per heavy atom. The summed E-state index contributed by atoms with van der Waals surface area (Å²) in [5, 5.41) is 0. The maximum Gasteiger partial charge on any atom is 0.165 e. The van der Waals surface area contributed by atoms with Gasteiger partial charge in [0.1, 0.15) is 6.10 Å². The molecular formula is C16H22FNO2. The fourth-order valence-corrected chi connectivity index (χ4v) is 3.17. The van der Waals surface area contributed by atoms with E-state index in [1.807, 2.05) is 6.07 Å². The first-order chi connectivity index (χ1) is 9.67. The molecule has 2 aliphatic rings. The molecule has 4 heteroatoms. The lowest BCUT2D eigenvalue weighted by molar-refractivity contribution is 0.0240. The summed E-state index contributed by atoms with van der Waals surface area (Å²) >= 11 is 0. The van der Waals surface area contributed by atoms with Crippen molar-refractivity contribution in [2.45, 2.75) is 50.2 Å². The van der Waals surface area contributed by atoms with Gasteiger partial charge in [0.15, 0.2) is 11.6 Å². The molecule has 110 valence electrons. The zero-order valence-electron chi connectivity index (χ0n) is 11.7. The molecule has 1 aromatic rings. The number of rotatable bonds is 3. The van der Waals surface area contributed by atoms with Crippen LogP contribution in [0.25, 0.3) is 0 Å². The molecule has 0 amide bonds. The third-order valence-corrected chi connectivity index (χ3v) is 4.46. The molecule has 0 atom stereocenters. The SMILES string of the molecule is NC1(c2ccc(OC3CCOCC3)c(F)c2)CCCC1. The van der Waals surface area contributed by atoms with Gasteiger partial charge in [-0.1, -0.05) is 18.9 Å². The first-order valence-electron chi connectivity index (χ1n) is 7.51. The van der Waals surface area contributed by atoms with Crippen LogP contribution in [0.15, 0.2) is 18.2 Å². The predicted octanol–water partition coefficient (Wildman–Crippen LogP) is 3.11. The molecule has 1 aliphatic heterocycles. The molecule has 0 radical (unpaired) electrons. The second-order valence-corrected chi connectivity index (χ2v) is 5.94. The van der Waals surface area contributed by atoms with Crippen molar-refractivity contribution in [3.8, 4) is 5.75 Å². The summed E-state index contributed by atoms with van der Waals surface area (Å²) < 4.78 is 25.2. The van der Waals surface area contributed by atoms with E-state index in [9.17, 15) is 4.39 Å². The van der Waals surface area contributed by atoms with Crippen molar-refractivity contribution in [2.24, 2.45) is 5.73 Å². The number of hydrogen-bond donors (Lipinski definition) is 1. The van der Waals surface area contributed by atoms with Crippen molar-refractivity contribution in [2.75, 3.05) is 13.2 Å². The van der Waals surface area contributed by atoms with E-state index in [2.05, 4.69) is 0 Å². The maximum absolute atomic E-state index is 14.2. The Kier molecular flexibility index (Phi) is 3.94. The highest BCUT2D eigenvalue weighted by Gasteiger charge is 2.32. The summed E-state index contributed by atoms with van der Waals surface area (Å²) in [5.74, 6) is 0.0352. The quantitative estimate of drug-likeness (QED) is 0.924. The first kappa shape index (κ1) is 13.8. The van der Waals surface area contributed by atoms with Crippen molar-refractivity contribution in [1.29, 1.82) is 0 Å². The Bertz CT molecular complexity index is 466. The van der Waals surface area contributed by atoms with Crippen molar-refractivity contribution < 1.29 is 13.9 Å². The van der Waals surface area contributed by atoms with Gasteiger partial charge in [-0.3, -0.25) is 0 Å². The van der Waals surface area contributed by atoms with Gasteiger partial charge in [0.2, 0.25) is 0 Å². The molecule has 3 nitrogen and oxygen atoms in total. The van der Waals surface area contributed by atoms with Crippen molar-refractivity contribution in [1.82, 2.24) is 0 Å². The average Bonchev–Trinajstić information content (AvgIpc) is 2.90. The minimum atomic E-state index is -0.349. The third-order valence-electron chi connectivity index (χ3n) is 4.46. The number of halogens is 1. The number of hydrogen-bond acceptors (Lipinski definition) is 3. The van der Waals surface area contributed by atoms with Gasteiger partial charge in [-0.25, -0.2) is 4.39 Å². The lowest BCUT2D eigenvalue weighted by Crippen LogP contribution is -2.33. The molecule has 1 saturated carbocycles. The Labute approximate surface area is 119 Å². The van der Waals surface area contributed by atoms with E-state index in [-0.39, 0.29) is 17.5 Å². The number of benzene rings is 1. The van der Waals surface area contributed by atoms with Crippen LogP contribution in [0.1, 0.15) is 44.1 Å². The molecule has 2 fully saturated rings. The lowest BCUT2D eigenvalue weighted by atomic mass is 9.89. The Balaban J connectivity index is 1.73. The molecule has 1 saturated heterocycles. The van der Waals surface area contributed by atoms with Crippen LogP contribution in [0, 0.1) is 5.82 Å². The van der Waals surface area contributed by atoms with E-state index in [4.69, 9.17) is 15.2 Å². The Hall–Kier alpha value is -1.13. The summed E-state index contributed by atoms with van der Waals surface area (Å²) in [5.41, 5.74) is 6.91. The van der Waals surface area contributed by atoms with Gasteiger partial charge >= 0.3 is 0 Å². The smallest absolute Gasteiger partial charge is 0.165 e. The highest BCUT2D eigenvalue weighted by Crippen LogP contribution is 2.37. The molecule has 1 heterocycles. The standard InChI is InChI=1S/C16H22FNO2/c17-14-11-12(16(18)7-1-2-8-16)3-4-15(14)20-13-5-9-19-10-6-13/h3-4,11,13H,1-2,5-10,18H2. The summed E-state index contributed by atoms with van der Waals surface area (Å²) in [6.07, 6.45) is 5.82. The lowest BCUT2D eigenvalue weighted by Gasteiger charge is -2.26. The van der Waals surface area contributed by atoms with E-state index < -0.39 is 0 Å². The van der Waals surface area contributed by atoms with Gasteiger partial charge < -0.3 is 15.2 Å². The molecular weight excluding hydrogens is 257 g/mol. The zero-order chi connectivity index (χ0) is 14.0. The molecule has 0 spiro atoms. The van der Waals surface area contributed by atoms with Gasteiger partial charge in [0.25, 0.3) is 0 Å². The van der Waals surface area contributed by atoms with E-state index in [1.54, 1.807) is 12.1 Å². The molecule has 0 aromatic heterocycles. The molecule has 0 unspecified atom stereocenters. The molecule has 1 aliphatic carbocycles. The van der Waals surface area contributed by atoms with Crippen molar-refractivity contribution >= 4 is 0 Å². The minimum Gasteiger partial charge on any atom is -0.487 e. The number of nitrogens with two attached hydrogens (primary N) is 1. The largest absolute Gasteiger partial charge is 0.487 e. The predicted molar refractivity (Wildman–Crippen MR) is 75.2 cm³/mol. The second kappa shape index (κ2) is 5.70. The van der Waals surface area contributed by atoms with Gasteiger partial charge in [0, 0.05) is 18.4 Å². The fourth-order valence-electron chi connectivity index (χ4n) is 3.17.